The second kappa shape index (κ2) is 4.13. The molecule has 13 heavy (non-hydrogen) atoms. The van der Waals surface area contributed by atoms with Gasteiger partial charge in [-0.2, -0.15) is 13.2 Å². The standard InChI is InChI=1S/C6H5F3O4/c7-3(10)1-6(13,5(9)12)2-4(8)11/h13H,1-2H2. The Morgan fingerprint density at radius 1 is 1.00 bits per heavy atom. The first-order valence-corrected chi connectivity index (χ1v) is 3.07. The van der Waals surface area contributed by atoms with Crippen molar-refractivity contribution >= 4 is 18.1 Å². The summed E-state index contributed by atoms with van der Waals surface area (Å²) in [7, 11) is 0. The van der Waals surface area contributed by atoms with Crippen molar-refractivity contribution in [3.8, 4) is 0 Å². The van der Waals surface area contributed by atoms with Gasteiger partial charge in [-0.15, -0.1) is 0 Å². The minimum Gasteiger partial charge on any atom is -0.378 e. The average Bonchev–Trinajstić information content (AvgIpc) is 1.82. The first kappa shape index (κ1) is 11.8. The van der Waals surface area contributed by atoms with E-state index in [9.17, 15) is 27.6 Å². The second-order valence-corrected chi connectivity index (χ2v) is 2.37. The predicted octanol–water partition coefficient (Wildman–Crippen LogP) is -0.0140. The largest absolute Gasteiger partial charge is 0.378 e. The molecule has 0 bridgehead atoms. The Bertz CT molecular complexity index is 234. The van der Waals surface area contributed by atoms with Crippen molar-refractivity contribution in [2.24, 2.45) is 0 Å². The number of hydrogen-bond donors (Lipinski definition) is 1. The minimum absolute atomic E-state index is 1.57. The van der Waals surface area contributed by atoms with E-state index in [-0.39, 0.29) is 0 Å². The fourth-order valence-corrected chi connectivity index (χ4v) is 0.661. The molecule has 4 nitrogen and oxygen atoms in total. The zero-order valence-electron chi connectivity index (χ0n) is 6.22. The lowest BCUT2D eigenvalue weighted by atomic mass is 9.97. The zero-order valence-corrected chi connectivity index (χ0v) is 6.22. The van der Waals surface area contributed by atoms with Gasteiger partial charge in [0.1, 0.15) is 0 Å². The Morgan fingerprint density at radius 2 is 1.31 bits per heavy atom. The van der Waals surface area contributed by atoms with Crippen LogP contribution < -0.4 is 0 Å². The lowest BCUT2D eigenvalue weighted by molar-refractivity contribution is -0.160. The monoisotopic (exact) mass is 198 g/mol. The lowest BCUT2D eigenvalue weighted by Gasteiger charge is -2.16. The zero-order chi connectivity index (χ0) is 10.6. The molecule has 0 amide bonds. The summed E-state index contributed by atoms with van der Waals surface area (Å²) in [6.45, 7) is 0. The predicted molar refractivity (Wildman–Crippen MR) is 32.5 cm³/mol. The van der Waals surface area contributed by atoms with E-state index in [2.05, 4.69) is 0 Å². The summed E-state index contributed by atoms with van der Waals surface area (Å²) >= 11 is 0. The lowest BCUT2D eigenvalue weighted by Crippen LogP contribution is -2.39. The van der Waals surface area contributed by atoms with Crippen LogP contribution in [0.1, 0.15) is 12.8 Å². The van der Waals surface area contributed by atoms with Gasteiger partial charge in [0.2, 0.25) is 0 Å². The van der Waals surface area contributed by atoms with Gasteiger partial charge in [-0.1, -0.05) is 0 Å². The molecule has 0 aromatic rings. The third-order valence-corrected chi connectivity index (χ3v) is 1.23. The Hall–Kier alpha value is -1.24. The summed E-state index contributed by atoms with van der Waals surface area (Å²) in [5.41, 5.74) is -3.21. The molecule has 0 rings (SSSR count). The van der Waals surface area contributed by atoms with Gasteiger partial charge in [0.05, 0.1) is 12.8 Å². The minimum atomic E-state index is -3.21. The molecule has 0 aliphatic heterocycles. The maximum absolute atomic E-state index is 11.9. The Balaban J connectivity index is 4.62. The highest BCUT2D eigenvalue weighted by Crippen LogP contribution is 2.19. The van der Waals surface area contributed by atoms with Gasteiger partial charge in [0.25, 0.3) is 0 Å². The van der Waals surface area contributed by atoms with Crippen LogP contribution in [0.25, 0.3) is 0 Å². The van der Waals surface area contributed by atoms with Crippen molar-refractivity contribution in [2.45, 2.75) is 18.4 Å². The SMILES string of the molecule is O=C(F)CC(O)(CC(=O)F)C(=O)F. The highest BCUT2D eigenvalue weighted by atomic mass is 19.1. The van der Waals surface area contributed by atoms with E-state index in [0.717, 1.165) is 0 Å². The van der Waals surface area contributed by atoms with E-state index < -0.39 is 36.6 Å². The van der Waals surface area contributed by atoms with Crippen LogP contribution in [-0.4, -0.2) is 28.8 Å². The number of carbonyl (C=O) groups is 3. The molecular formula is C6H5F3O4. The second-order valence-electron chi connectivity index (χ2n) is 2.37. The highest BCUT2D eigenvalue weighted by Gasteiger charge is 2.41. The van der Waals surface area contributed by atoms with Crippen LogP contribution in [0.5, 0.6) is 0 Å². The van der Waals surface area contributed by atoms with Gasteiger partial charge >= 0.3 is 18.1 Å². The van der Waals surface area contributed by atoms with Crippen molar-refractivity contribution in [1.29, 1.82) is 0 Å². The topological polar surface area (TPSA) is 71.4 Å². The maximum atomic E-state index is 11.9. The molecule has 0 radical (unpaired) electrons. The summed E-state index contributed by atoms with van der Waals surface area (Å²) in [6.07, 6.45) is -3.14. The molecule has 0 atom stereocenters. The Kier molecular flexibility index (Phi) is 3.73. The molecule has 0 spiro atoms. The molecule has 0 saturated carbocycles. The van der Waals surface area contributed by atoms with E-state index in [1.807, 2.05) is 0 Å². The molecule has 0 aliphatic rings. The van der Waals surface area contributed by atoms with Crippen molar-refractivity contribution in [3.05, 3.63) is 0 Å². The van der Waals surface area contributed by atoms with Crippen LogP contribution in [0.2, 0.25) is 0 Å². The number of halogens is 3. The van der Waals surface area contributed by atoms with E-state index in [1.54, 1.807) is 0 Å². The third-order valence-electron chi connectivity index (χ3n) is 1.23. The Labute approximate surface area is 70.3 Å². The van der Waals surface area contributed by atoms with Crippen molar-refractivity contribution in [3.63, 3.8) is 0 Å². The Morgan fingerprint density at radius 3 is 1.46 bits per heavy atom. The van der Waals surface area contributed by atoms with E-state index in [1.165, 1.54) is 0 Å². The van der Waals surface area contributed by atoms with Gasteiger partial charge in [-0.25, -0.2) is 0 Å². The van der Waals surface area contributed by atoms with Crippen LogP contribution in [0.3, 0.4) is 0 Å². The van der Waals surface area contributed by atoms with Crippen LogP contribution >= 0.6 is 0 Å². The summed E-state index contributed by atoms with van der Waals surface area (Å²) < 4.78 is 35.3. The third kappa shape index (κ3) is 3.79. The fourth-order valence-electron chi connectivity index (χ4n) is 0.661. The van der Waals surface area contributed by atoms with Crippen LogP contribution in [0.4, 0.5) is 13.2 Å². The highest BCUT2D eigenvalue weighted by molar-refractivity contribution is 5.88. The molecule has 0 aromatic heterocycles. The summed E-state index contributed by atoms with van der Waals surface area (Å²) in [5.74, 6) is 0. The first-order chi connectivity index (χ1) is 5.78. The van der Waals surface area contributed by atoms with Gasteiger partial charge in [0, 0.05) is 0 Å². The number of hydrogen-bond acceptors (Lipinski definition) is 4. The van der Waals surface area contributed by atoms with Gasteiger partial charge in [-0.3, -0.25) is 14.4 Å². The number of aliphatic hydroxyl groups is 1. The van der Waals surface area contributed by atoms with E-state index >= 15 is 0 Å². The van der Waals surface area contributed by atoms with Crippen molar-refractivity contribution in [2.75, 3.05) is 0 Å². The van der Waals surface area contributed by atoms with Crippen LogP contribution in [-0.2, 0) is 14.4 Å². The number of carbonyl (C=O) groups excluding carboxylic acids is 3. The molecule has 1 N–H and O–H groups in total. The smallest absolute Gasteiger partial charge is 0.333 e. The average molecular weight is 198 g/mol. The summed E-state index contributed by atoms with van der Waals surface area (Å²) in [6, 6.07) is -6.95. The number of rotatable bonds is 5. The molecule has 74 valence electrons. The molecular weight excluding hydrogens is 193 g/mol. The van der Waals surface area contributed by atoms with Crippen LogP contribution in [0.15, 0.2) is 0 Å². The fraction of sp³-hybridized carbons (Fsp3) is 0.500. The van der Waals surface area contributed by atoms with E-state index in [0.29, 0.717) is 0 Å². The summed E-state index contributed by atoms with van der Waals surface area (Å²) in [4.78, 5) is 29.5. The molecule has 0 aromatic carbocycles. The van der Waals surface area contributed by atoms with Crippen molar-refractivity contribution < 1.29 is 32.7 Å². The quantitative estimate of drug-likeness (QED) is 0.630. The van der Waals surface area contributed by atoms with E-state index in [4.69, 9.17) is 5.11 Å². The maximum Gasteiger partial charge on any atom is 0.333 e. The molecule has 0 aliphatic carbocycles. The van der Waals surface area contributed by atoms with Crippen molar-refractivity contribution in [1.82, 2.24) is 0 Å². The van der Waals surface area contributed by atoms with Gasteiger partial charge in [0.15, 0.2) is 5.60 Å². The van der Waals surface area contributed by atoms with Gasteiger partial charge < -0.3 is 5.11 Å². The molecule has 0 heterocycles. The van der Waals surface area contributed by atoms with Crippen LogP contribution in [0, 0.1) is 0 Å². The molecule has 0 saturated heterocycles. The molecule has 0 unspecified atom stereocenters. The normalized spacial score (nSPS) is 11.1. The molecule has 7 heteroatoms. The first-order valence-electron chi connectivity index (χ1n) is 3.07. The molecule has 0 fully saturated rings. The summed E-state index contributed by atoms with van der Waals surface area (Å²) in [5, 5.41) is 8.78. The van der Waals surface area contributed by atoms with Gasteiger partial charge in [-0.05, 0) is 0 Å².